The van der Waals surface area contributed by atoms with Crippen LogP contribution in [0.1, 0.15) is 23.6 Å². The van der Waals surface area contributed by atoms with Gasteiger partial charge in [0.25, 0.3) is 0 Å². The van der Waals surface area contributed by atoms with Crippen LogP contribution in [0.25, 0.3) is 0 Å². The summed E-state index contributed by atoms with van der Waals surface area (Å²) in [5.41, 5.74) is -0.498. The first-order chi connectivity index (χ1) is 10.4. The Bertz CT molecular complexity index is 680. The summed E-state index contributed by atoms with van der Waals surface area (Å²) in [6.45, 7) is 1.25. The largest absolute Gasteiger partial charge is 0.417 e. The van der Waals surface area contributed by atoms with Crippen molar-refractivity contribution < 1.29 is 22.4 Å². The van der Waals surface area contributed by atoms with E-state index < -0.39 is 17.6 Å². The first-order valence-electron chi connectivity index (χ1n) is 6.46. The molecule has 0 atom stereocenters. The molecule has 0 saturated heterocycles. The molecule has 0 radical (unpaired) electrons. The van der Waals surface area contributed by atoms with E-state index in [1.54, 1.807) is 6.07 Å². The molecule has 2 aromatic rings. The molecule has 22 heavy (non-hydrogen) atoms. The van der Waals surface area contributed by atoms with Crippen LogP contribution in [0.2, 0.25) is 0 Å². The maximum Gasteiger partial charge on any atom is 0.417 e. The summed E-state index contributed by atoms with van der Waals surface area (Å²) in [5.74, 6) is -0.453. The molecule has 0 saturated carbocycles. The molecule has 0 N–H and O–H groups in total. The topological polar surface area (TPSA) is 21.6 Å². The highest BCUT2D eigenvalue weighted by molar-refractivity contribution is 5.99. The third kappa shape index (κ3) is 3.84. The van der Waals surface area contributed by atoms with Crippen LogP contribution in [-0.2, 0) is 17.6 Å². The highest BCUT2D eigenvalue weighted by Crippen LogP contribution is 2.32. The van der Waals surface area contributed by atoms with Crippen molar-refractivity contribution in [2.75, 3.05) is 0 Å². The van der Waals surface area contributed by atoms with Gasteiger partial charge in [0, 0.05) is 11.1 Å². The molecule has 0 spiro atoms. The highest BCUT2D eigenvalue weighted by Gasteiger charge is 2.33. The summed E-state index contributed by atoms with van der Waals surface area (Å²) in [5, 5.41) is 3.65. The maximum absolute atomic E-state index is 13.4. The van der Waals surface area contributed by atoms with E-state index in [0.29, 0.717) is 0 Å². The van der Waals surface area contributed by atoms with Gasteiger partial charge in [-0.15, -0.1) is 0 Å². The van der Waals surface area contributed by atoms with Gasteiger partial charge in [-0.2, -0.15) is 13.2 Å². The second kappa shape index (κ2) is 6.60. The van der Waals surface area contributed by atoms with Gasteiger partial charge in [-0.3, -0.25) is 0 Å². The Morgan fingerprint density at radius 3 is 2.36 bits per heavy atom. The van der Waals surface area contributed by atoms with Crippen molar-refractivity contribution in [1.82, 2.24) is 0 Å². The summed E-state index contributed by atoms with van der Waals surface area (Å²) < 4.78 is 52.1. The van der Waals surface area contributed by atoms with E-state index in [2.05, 4.69) is 5.16 Å². The SMILES string of the molecule is C/C(=N\OCc1ccccc1F)c1ccccc1C(F)(F)F. The van der Waals surface area contributed by atoms with Crippen molar-refractivity contribution in [2.24, 2.45) is 5.16 Å². The first kappa shape index (κ1) is 16.0. The third-order valence-corrected chi connectivity index (χ3v) is 3.00. The number of hydrogen-bond acceptors (Lipinski definition) is 2. The lowest BCUT2D eigenvalue weighted by atomic mass is 10.0. The number of rotatable bonds is 4. The zero-order valence-electron chi connectivity index (χ0n) is 11.7. The molecule has 2 aromatic carbocycles. The van der Waals surface area contributed by atoms with Crippen molar-refractivity contribution in [3.05, 3.63) is 71.0 Å². The maximum atomic E-state index is 13.4. The Labute approximate surface area is 125 Å². The van der Waals surface area contributed by atoms with E-state index in [1.807, 2.05) is 0 Å². The summed E-state index contributed by atoms with van der Waals surface area (Å²) in [6.07, 6.45) is -4.47. The first-order valence-corrected chi connectivity index (χ1v) is 6.46. The van der Waals surface area contributed by atoms with Gasteiger partial charge in [0.15, 0.2) is 0 Å². The Morgan fingerprint density at radius 2 is 1.68 bits per heavy atom. The van der Waals surface area contributed by atoms with Gasteiger partial charge in [0.1, 0.15) is 12.4 Å². The fraction of sp³-hybridized carbons (Fsp3) is 0.188. The van der Waals surface area contributed by atoms with E-state index in [0.717, 1.165) is 6.07 Å². The average Bonchev–Trinajstić information content (AvgIpc) is 2.48. The molecule has 0 aliphatic rings. The van der Waals surface area contributed by atoms with Crippen LogP contribution in [0.4, 0.5) is 17.6 Å². The molecular weight excluding hydrogens is 298 g/mol. The second-order valence-electron chi connectivity index (χ2n) is 4.58. The van der Waals surface area contributed by atoms with Crippen molar-refractivity contribution in [3.8, 4) is 0 Å². The quantitative estimate of drug-likeness (QED) is 0.452. The number of benzene rings is 2. The standard InChI is InChI=1S/C16H13F4NO/c1-11(13-7-3-4-8-14(13)16(18,19)20)21-22-10-12-6-2-5-9-15(12)17/h2-9H,10H2,1H3/b21-11+. The number of oxime groups is 1. The predicted molar refractivity (Wildman–Crippen MR) is 74.8 cm³/mol. The Kier molecular flexibility index (Phi) is 4.80. The number of alkyl halides is 3. The van der Waals surface area contributed by atoms with Gasteiger partial charge in [0.2, 0.25) is 0 Å². The van der Waals surface area contributed by atoms with Crippen LogP contribution in [-0.4, -0.2) is 5.71 Å². The molecule has 6 heteroatoms. The van der Waals surface area contributed by atoms with Gasteiger partial charge < -0.3 is 4.84 Å². The van der Waals surface area contributed by atoms with Crippen molar-refractivity contribution in [1.29, 1.82) is 0 Å². The summed E-state index contributed by atoms with van der Waals surface area (Å²) in [6, 6.07) is 11.0. The minimum atomic E-state index is -4.47. The third-order valence-electron chi connectivity index (χ3n) is 3.00. The lowest BCUT2D eigenvalue weighted by Crippen LogP contribution is -2.12. The van der Waals surface area contributed by atoms with Crippen molar-refractivity contribution >= 4 is 5.71 Å². The van der Waals surface area contributed by atoms with E-state index in [4.69, 9.17) is 4.84 Å². The molecule has 0 aromatic heterocycles. The zero-order valence-corrected chi connectivity index (χ0v) is 11.7. The fourth-order valence-corrected chi connectivity index (χ4v) is 1.91. The molecule has 2 rings (SSSR count). The number of halogens is 4. The van der Waals surface area contributed by atoms with Crippen LogP contribution < -0.4 is 0 Å². The van der Waals surface area contributed by atoms with Gasteiger partial charge in [-0.1, -0.05) is 41.6 Å². The van der Waals surface area contributed by atoms with Crippen LogP contribution in [0, 0.1) is 5.82 Å². The van der Waals surface area contributed by atoms with E-state index in [1.165, 1.54) is 43.3 Å². The lowest BCUT2D eigenvalue weighted by molar-refractivity contribution is -0.137. The molecule has 0 aliphatic heterocycles. The van der Waals surface area contributed by atoms with Crippen LogP contribution in [0.15, 0.2) is 53.7 Å². The smallest absolute Gasteiger partial charge is 0.391 e. The second-order valence-corrected chi connectivity index (χ2v) is 4.58. The predicted octanol–water partition coefficient (Wildman–Crippen LogP) is 4.79. The Hall–Kier alpha value is -2.37. The number of hydrogen-bond donors (Lipinski definition) is 0. The average molecular weight is 311 g/mol. The van der Waals surface area contributed by atoms with Crippen LogP contribution in [0.3, 0.4) is 0 Å². The van der Waals surface area contributed by atoms with Crippen LogP contribution in [0.5, 0.6) is 0 Å². The minimum Gasteiger partial charge on any atom is -0.391 e. The molecule has 0 fully saturated rings. The Morgan fingerprint density at radius 1 is 1.05 bits per heavy atom. The molecule has 0 bridgehead atoms. The summed E-state index contributed by atoms with van der Waals surface area (Å²) in [4.78, 5) is 4.97. The normalized spacial score (nSPS) is 12.3. The molecule has 0 heterocycles. The molecule has 0 aliphatic carbocycles. The molecule has 0 unspecified atom stereocenters. The van der Waals surface area contributed by atoms with Gasteiger partial charge >= 0.3 is 6.18 Å². The highest BCUT2D eigenvalue weighted by atomic mass is 19.4. The van der Waals surface area contributed by atoms with Gasteiger partial charge in [0.05, 0.1) is 11.3 Å². The van der Waals surface area contributed by atoms with E-state index in [9.17, 15) is 17.6 Å². The van der Waals surface area contributed by atoms with Gasteiger partial charge in [-0.05, 0) is 19.1 Å². The fourth-order valence-electron chi connectivity index (χ4n) is 1.91. The van der Waals surface area contributed by atoms with E-state index in [-0.39, 0.29) is 23.4 Å². The Balaban J connectivity index is 2.15. The monoisotopic (exact) mass is 311 g/mol. The molecule has 116 valence electrons. The van der Waals surface area contributed by atoms with Crippen LogP contribution >= 0.6 is 0 Å². The summed E-state index contributed by atoms with van der Waals surface area (Å²) in [7, 11) is 0. The zero-order chi connectivity index (χ0) is 16.2. The minimum absolute atomic E-state index is 0.0662. The van der Waals surface area contributed by atoms with Gasteiger partial charge in [-0.25, -0.2) is 4.39 Å². The molecular formula is C16H13F4NO. The van der Waals surface area contributed by atoms with E-state index >= 15 is 0 Å². The van der Waals surface area contributed by atoms with Crippen molar-refractivity contribution in [3.63, 3.8) is 0 Å². The molecule has 2 nitrogen and oxygen atoms in total. The lowest BCUT2D eigenvalue weighted by Gasteiger charge is -2.12. The van der Waals surface area contributed by atoms with Crippen molar-refractivity contribution in [2.45, 2.75) is 19.7 Å². The number of nitrogens with zero attached hydrogens (tertiary/aromatic N) is 1. The summed E-state index contributed by atoms with van der Waals surface area (Å²) >= 11 is 0. The molecule has 0 amide bonds.